The van der Waals surface area contributed by atoms with Crippen molar-refractivity contribution >= 4 is 17.0 Å². The van der Waals surface area contributed by atoms with Crippen LogP contribution in [0.3, 0.4) is 0 Å². The van der Waals surface area contributed by atoms with Crippen LogP contribution in [-0.4, -0.2) is 26.1 Å². The highest BCUT2D eigenvalue weighted by Gasteiger charge is 2.41. The number of hydrogen-bond donors (Lipinski definition) is 1. The number of rotatable bonds is 2. The lowest BCUT2D eigenvalue weighted by Gasteiger charge is -2.33. The molecule has 1 saturated carbocycles. The van der Waals surface area contributed by atoms with Crippen molar-refractivity contribution < 1.29 is 9.90 Å². The average molecular weight is 259 g/mol. The predicted molar refractivity (Wildman–Crippen MR) is 70.9 cm³/mol. The molecule has 2 aromatic rings. The molecule has 19 heavy (non-hydrogen) atoms. The molecule has 0 atom stereocenters. The minimum Gasteiger partial charge on any atom is -0.481 e. The number of nitrogens with zero attached hydrogens (tertiary/aromatic N) is 3. The van der Waals surface area contributed by atoms with Crippen LogP contribution in [0.15, 0.2) is 18.2 Å². The topological polar surface area (TPSA) is 68.0 Å². The van der Waals surface area contributed by atoms with E-state index in [1.165, 1.54) is 0 Å². The molecule has 5 nitrogen and oxygen atoms in total. The second kappa shape index (κ2) is 4.33. The van der Waals surface area contributed by atoms with Gasteiger partial charge in [0.2, 0.25) is 0 Å². The SMILES string of the molecule is Cn1nnc2cc(C3(C(=O)O)CCCCC3)ccc21. The number of aromatic nitrogens is 3. The Labute approximate surface area is 111 Å². The number of hydrogen-bond acceptors (Lipinski definition) is 3. The molecular formula is C14H17N3O2. The fourth-order valence-corrected chi connectivity index (χ4v) is 3.12. The van der Waals surface area contributed by atoms with Gasteiger partial charge in [-0.3, -0.25) is 4.79 Å². The van der Waals surface area contributed by atoms with Gasteiger partial charge in [-0.25, -0.2) is 4.68 Å². The molecule has 100 valence electrons. The number of benzene rings is 1. The van der Waals surface area contributed by atoms with Crippen LogP contribution in [0.25, 0.3) is 11.0 Å². The quantitative estimate of drug-likeness (QED) is 0.898. The molecule has 0 aliphatic heterocycles. The summed E-state index contributed by atoms with van der Waals surface area (Å²) >= 11 is 0. The first-order valence-corrected chi connectivity index (χ1v) is 6.67. The molecule has 1 heterocycles. The van der Waals surface area contributed by atoms with Gasteiger partial charge in [0.1, 0.15) is 5.52 Å². The second-order valence-electron chi connectivity index (χ2n) is 5.36. The number of carboxylic acid groups (broad SMARTS) is 1. The van der Waals surface area contributed by atoms with E-state index < -0.39 is 11.4 Å². The number of aliphatic carboxylic acids is 1. The van der Waals surface area contributed by atoms with Gasteiger partial charge in [0.15, 0.2) is 0 Å². The van der Waals surface area contributed by atoms with E-state index in [0.717, 1.165) is 35.9 Å². The molecule has 1 aromatic heterocycles. The zero-order chi connectivity index (χ0) is 13.5. The Morgan fingerprint density at radius 3 is 2.74 bits per heavy atom. The molecular weight excluding hydrogens is 242 g/mol. The number of fused-ring (bicyclic) bond motifs is 1. The highest BCUT2D eigenvalue weighted by Crippen LogP contribution is 2.40. The van der Waals surface area contributed by atoms with Gasteiger partial charge in [0, 0.05) is 7.05 Å². The van der Waals surface area contributed by atoms with Crippen LogP contribution in [-0.2, 0) is 17.3 Å². The lowest BCUT2D eigenvalue weighted by Crippen LogP contribution is -2.37. The fraction of sp³-hybridized carbons (Fsp3) is 0.500. The van der Waals surface area contributed by atoms with E-state index in [2.05, 4.69) is 10.3 Å². The zero-order valence-electron chi connectivity index (χ0n) is 11.0. The van der Waals surface area contributed by atoms with Crippen molar-refractivity contribution in [1.82, 2.24) is 15.0 Å². The number of carboxylic acids is 1. The molecule has 1 aromatic carbocycles. The van der Waals surface area contributed by atoms with E-state index in [-0.39, 0.29) is 0 Å². The summed E-state index contributed by atoms with van der Waals surface area (Å²) < 4.78 is 1.70. The van der Waals surface area contributed by atoms with E-state index in [9.17, 15) is 9.90 Å². The third kappa shape index (κ3) is 1.80. The Morgan fingerprint density at radius 1 is 1.32 bits per heavy atom. The smallest absolute Gasteiger partial charge is 0.314 e. The van der Waals surface area contributed by atoms with Crippen LogP contribution in [0.1, 0.15) is 37.7 Å². The van der Waals surface area contributed by atoms with Crippen LogP contribution in [0.2, 0.25) is 0 Å². The molecule has 0 spiro atoms. The van der Waals surface area contributed by atoms with Gasteiger partial charge < -0.3 is 5.11 Å². The second-order valence-corrected chi connectivity index (χ2v) is 5.36. The average Bonchev–Trinajstić information content (AvgIpc) is 2.80. The van der Waals surface area contributed by atoms with E-state index in [4.69, 9.17) is 0 Å². The van der Waals surface area contributed by atoms with Gasteiger partial charge >= 0.3 is 5.97 Å². The molecule has 0 saturated heterocycles. The van der Waals surface area contributed by atoms with Gasteiger partial charge in [-0.2, -0.15) is 0 Å². The highest BCUT2D eigenvalue weighted by atomic mass is 16.4. The lowest BCUT2D eigenvalue weighted by molar-refractivity contribution is -0.145. The first kappa shape index (κ1) is 12.1. The van der Waals surface area contributed by atoms with Gasteiger partial charge in [-0.05, 0) is 30.5 Å². The predicted octanol–water partition coefficient (Wildman–Crippen LogP) is 2.25. The van der Waals surface area contributed by atoms with Crippen LogP contribution in [0.5, 0.6) is 0 Å². The summed E-state index contributed by atoms with van der Waals surface area (Å²) in [6.07, 6.45) is 4.51. The Hall–Kier alpha value is -1.91. The number of aryl methyl sites for hydroxylation is 1. The summed E-state index contributed by atoms with van der Waals surface area (Å²) in [5.74, 6) is -0.713. The molecule has 5 heteroatoms. The first-order valence-electron chi connectivity index (χ1n) is 6.67. The maximum Gasteiger partial charge on any atom is 0.314 e. The Balaban J connectivity index is 2.12. The minimum absolute atomic E-state index is 0.713. The largest absolute Gasteiger partial charge is 0.481 e. The normalized spacial score (nSPS) is 18.6. The molecule has 1 N–H and O–H groups in total. The summed E-state index contributed by atoms with van der Waals surface area (Å²) in [5, 5.41) is 17.7. The molecule has 1 fully saturated rings. The van der Waals surface area contributed by atoms with E-state index in [1.54, 1.807) is 4.68 Å². The number of carbonyl (C=O) groups is 1. The molecule has 0 radical (unpaired) electrons. The van der Waals surface area contributed by atoms with Gasteiger partial charge in [0.25, 0.3) is 0 Å². The van der Waals surface area contributed by atoms with E-state index in [1.807, 2.05) is 25.2 Å². The van der Waals surface area contributed by atoms with Crippen molar-refractivity contribution in [3.05, 3.63) is 23.8 Å². The third-order valence-corrected chi connectivity index (χ3v) is 4.28. The summed E-state index contributed by atoms with van der Waals surface area (Å²) in [7, 11) is 1.84. The Kier molecular flexibility index (Phi) is 2.77. The fourth-order valence-electron chi connectivity index (χ4n) is 3.12. The Morgan fingerprint density at radius 2 is 2.05 bits per heavy atom. The summed E-state index contributed by atoms with van der Waals surface area (Å²) in [4.78, 5) is 11.8. The zero-order valence-corrected chi connectivity index (χ0v) is 11.0. The van der Waals surface area contributed by atoms with Crippen molar-refractivity contribution in [2.75, 3.05) is 0 Å². The molecule has 0 bridgehead atoms. The third-order valence-electron chi connectivity index (χ3n) is 4.28. The van der Waals surface area contributed by atoms with E-state index >= 15 is 0 Å². The standard InChI is InChI=1S/C14H17N3O2/c1-17-12-6-5-10(9-11(12)15-16-17)14(13(18)19)7-3-2-4-8-14/h5-6,9H,2-4,7-8H2,1H3,(H,18,19). The molecule has 1 aliphatic carbocycles. The lowest BCUT2D eigenvalue weighted by atomic mass is 9.69. The van der Waals surface area contributed by atoms with Gasteiger partial charge in [-0.1, -0.05) is 30.5 Å². The van der Waals surface area contributed by atoms with Crippen LogP contribution in [0.4, 0.5) is 0 Å². The van der Waals surface area contributed by atoms with Gasteiger partial charge in [0.05, 0.1) is 10.9 Å². The maximum atomic E-state index is 11.8. The minimum atomic E-state index is -0.732. The highest BCUT2D eigenvalue weighted by molar-refractivity contribution is 5.84. The molecule has 0 amide bonds. The van der Waals surface area contributed by atoms with Crippen molar-refractivity contribution in [1.29, 1.82) is 0 Å². The summed E-state index contributed by atoms with van der Waals surface area (Å²) in [6, 6.07) is 5.73. The van der Waals surface area contributed by atoms with Crippen molar-refractivity contribution in [3.63, 3.8) is 0 Å². The first-order chi connectivity index (χ1) is 9.13. The maximum absolute atomic E-state index is 11.8. The molecule has 0 unspecified atom stereocenters. The van der Waals surface area contributed by atoms with Crippen LogP contribution >= 0.6 is 0 Å². The van der Waals surface area contributed by atoms with Crippen molar-refractivity contribution in [3.8, 4) is 0 Å². The Bertz CT molecular complexity index is 627. The van der Waals surface area contributed by atoms with Crippen molar-refractivity contribution in [2.45, 2.75) is 37.5 Å². The van der Waals surface area contributed by atoms with Crippen molar-refractivity contribution in [2.24, 2.45) is 7.05 Å². The van der Waals surface area contributed by atoms with Gasteiger partial charge in [-0.15, -0.1) is 5.10 Å². The summed E-state index contributed by atoms with van der Waals surface area (Å²) in [6.45, 7) is 0. The van der Waals surface area contributed by atoms with Crippen LogP contribution in [0, 0.1) is 0 Å². The summed E-state index contributed by atoms with van der Waals surface area (Å²) in [5.41, 5.74) is 1.84. The van der Waals surface area contributed by atoms with E-state index in [0.29, 0.717) is 12.8 Å². The molecule has 3 rings (SSSR count). The van der Waals surface area contributed by atoms with Crippen LogP contribution < -0.4 is 0 Å². The molecule has 1 aliphatic rings. The monoisotopic (exact) mass is 259 g/mol.